The number of ketones is 1. The van der Waals surface area contributed by atoms with Gasteiger partial charge in [-0.3, -0.25) is 14.6 Å². The normalized spacial score (nSPS) is 23.1. The van der Waals surface area contributed by atoms with E-state index in [1.165, 1.54) is 16.2 Å². The molecule has 0 aromatic carbocycles. The Balaban J connectivity index is 1.74. The third kappa shape index (κ3) is 2.93. The summed E-state index contributed by atoms with van der Waals surface area (Å²) in [5.74, 6) is -1.37. The van der Waals surface area contributed by atoms with E-state index in [1.807, 2.05) is 0 Å². The van der Waals surface area contributed by atoms with Gasteiger partial charge in [-0.25, -0.2) is 0 Å². The fourth-order valence-corrected chi connectivity index (χ4v) is 4.15. The molecule has 2 atom stereocenters. The van der Waals surface area contributed by atoms with Gasteiger partial charge in [-0.05, 0) is 36.4 Å². The van der Waals surface area contributed by atoms with E-state index in [1.54, 1.807) is 41.9 Å². The van der Waals surface area contributed by atoms with E-state index in [0.29, 0.717) is 23.7 Å². The van der Waals surface area contributed by atoms with Crippen LogP contribution in [0, 0.1) is 0 Å². The van der Waals surface area contributed by atoms with Crippen molar-refractivity contribution >= 4 is 23.0 Å². The summed E-state index contributed by atoms with van der Waals surface area (Å²) < 4.78 is 5.65. The van der Waals surface area contributed by atoms with Crippen molar-refractivity contribution in [2.24, 2.45) is 0 Å². The molecule has 0 bridgehead atoms. The lowest BCUT2D eigenvalue weighted by molar-refractivity contribution is -0.131. The summed E-state index contributed by atoms with van der Waals surface area (Å²) in [7, 11) is 0. The van der Waals surface area contributed by atoms with Crippen LogP contribution in [0.3, 0.4) is 0 Å². The first-order valence-electron chi connectivity index (χ1n) is 8.51. The van der Waals surface area contributed by atoms with E-state index in [0.717, 1.165) is 12.8 Å². The van der Waals surface area contributed by atoms with E-state index in [4.69, 9.17) is 4.74 Å². The standard InChI is InChI=1S/C19H18N2O4S/c22-17(14-7-4-10-26-14)15-16(13-6-1-2-8-20-13)21(19(24)18(15)23)11-12-5-3-9-25-12/h1-2,4,6-8,10,12,16,23H,3,5,9,11H2. The van der Waals surface area contributed by atoms with Crippen molar-refractivity contribution in [2.75, 3.05) is 13.2 Å². The van der Waals surface area contributed by atoms with Crippen molar-refractivity contribution in [3.05, 3.63) is 63.8 Å². The minimum absolute atomic E-state index is 0.0887. The lowest BCUT2D eigenvalue weighted by atomic mass is 9.98. The average Bonchev–Trinajstić information content (AvgIpc) is 3.40. The van der Waals surface area contributed by atoms with Gasteiger partial charge in [-0.1, -0.05) is 12.1 Å². The molecule has 2 aliphatic heterocycles. The van der Waals surface area contributed by atoms with Crippen molar-refractivity contribution in [1.29, 1.82) is 0 Å². The molecule has 0 aliphatic carbocycles. The Morgan fingerprint density at radius 3 is 2.88 bits per heavy atom. The number of carbonyl (C=O) groups excluding carboxylic acids is 2. The van der Waals surface area contributed by atoms with Crippen LogP contribution in [0.4, 0.5) is 0 Å². The number of aliphatic hydroxyl groups is 1. The molecule has 2 aromatic rings. The molecule has 134 valence electrons. The van der Waals surface area contributed by atoms with Gasteiger partial charge >= 0.3 is 0 Å². The van der Waals surface area contributed by atoms with Crippen molar-refractivity contribution < 1.29 is 19.4 Å². The predicted octanol–water partition coefficient (Wildman–Crippen LogP) is 2.90. The largest absolute Gasteiger partial charge is 0.503 e. The maximum atomic E-state index is 13.0. The van der Waals surface area contributed by atoms with Gasteiger partial charge in [0.1, 0.15) is 6.04 Å². The summed E-state index contributed by atoms with van der Waals surface area (Å²) in [6.45, 7) is 0.993. The highest BCUT2D eigenvalue weighted by Crippen LogP contribution is 2.39. The van der Waals surface area contributed by atoms with Crippen LogP contribution < -0.4 is 0 Å². The number of pyridine rings is 1. The predicted molar refractivity (Wildman–Crippen MR) is 96.0 cm³/mol. The lowest BCUT2D eigenvalue weighted by Gasteiger charge is -2.28. The summed E-state index contributed by atoms with van der Waals surface area (Å²) in [4.78, 5) is 32.1. The van der Waals surface area contributed by atoms with E-state index < -0.39 is 17.7 Å². The second-order valence-electron chi connectivity index (χ2n) is 6.32. The highest BCUT2D eigenvalue weighted by Gasteiger charge is 2.45. The van der Waals surface area contributed by atoms with Gasteiger partial charge in [-0.2, -0.15) is 0 Å². The quantitative estimate of drug-likeness (QED) is 0.819. The second-order valence-corrected chi connectivity index (χ2v) is 7.27. The Kier molecular flexibility index (Phi) is 4.57. The molecule has 1 fully saturated rings. The number of nitrogens with zero attached hydrogens (tertiary/aromatic N) is 2. The Bertz CT molecular complexity index is 842. The number of rotatable bonds is 5. The first kappa shape index (κ1) is 16.9. The number of aromatic nitrogens is 1. The molecule has 26 heavy (non-hydrogen) atoms. The molecule has 6 nitrogen and oxygen atoms in total. The highest BCUT2D eigenvalue weighted by molar-refractivity contribution is 7.12. The Morgan fingerprint density at radius 1 is 1.35 bits per heavy atom. The molecule has 0 saturated carbocycles. The van der Waals surface area contributed by atoms with Crippen molar-refractivity contribution in [3.63, 3.8) is 0 Å². The second kappa shape index (κ2) is 7.01. The zero-order valence-electron chi connectivity index (χ0n) is 14.0. The lowest BCUT2D eigenvalue weighted by Crippen LogP contribution is -2.37. The number of carbonyl (C=O) groups is 2. The smallest absolute Gasteiger partial charge is 0.290 e. The summed E-state index contributed by atoms with van der Waals surface area (Å²) in [6.07, 6.45) is 3.33. The molecule has 2 aromatic heterocycles. The molecule has 7 heteroatoms. The van der Waals surface area contributed by atoms with Crippen LogP contribution in [0.5, 0.6) is 0 Å². The van der Waals surface area contributed by atoms with Gasteiger partial charge in [0.05, 0.1) is 22.2 Å². The highest BCUT2D eigenvalue weighted by atomic mass is 32.1. The first-order chi connectivity index (χ1) is 12.7. The number of ether oxygens (including phenoxy) is 1. The van der Waals surface area contributed by atoms with Crippen LogP contribution in [0.25, 0.3) is 0 Å². The third-order valence-corrected chi connectivity index (χ3v) is 5.55. The number of Topliss-reactive ketones (excluding diaryl/α,β-unsaturated/α-hetero) is 1. The Hall–Kier alpha value is -2.51. The molecule has 0 radical (unpaired) electrons. The van der Waals surface area contributed by atoms with Crippen molar-refractivity contribution in [3.8, 4) is 0 Å². The molecular formula is C19H18N2O4S. The minimum atomic E-state index is -0.706. The number of thiophene rings is 1. The third-order valence-electron chi connectivity index (χ3n) is 4.69. The van der Waals surface area contributed by atoms with Gasteiger partial charge < -0.3 is 14.7 Å². The van der Waals surface area contributed by atoms with E-state index in [-0.39, 0.29) is 17.5 Å². The van der Waals surface area contributed by atoms with Crippen LogP contribution in [0.2, 0.25) is 0 Å². The Morgan fingerprint density at radius 2 is 2.23 bits per heavy atom. The Labute approximate surface area is 154 Å². The van der Waals surface area contributed by atoms with Gasteiger partial charge in [0.15, 0.2) is 5.76 Å². The van der Waals surface area contributed by atoms with Gasteiger partial charge in [0, 0.05) is 19.3 Å². The minimum Gasteiger partial charge on any atom is -0.503 e. The van der Waals surface area contributed by atoms with Crippen LogP contribution in [0.15, 0.2) is 53.2 Å². The fourth-order valence-electron chi connectivity index (χ4n) is 3.47. The maximum Gasteiger partial charge on any atom is 0.290 e. The topological polar surface area (TPSA) is 79.7 Å². The van der Waals surface area contributed by atoms with Gasteiger partial charge in [-0.15, -0.1) is 11.3 Å². The maximum absolute atomic E-state index is 13.0. The fraction of sp³-hybridized carbons (Fsp3) is 0.316. The summed E-state index contributed by atoms with van der Waals surface area (Å²) >= 11 is 1.28. The van der Waals surface area contributed by atoms with Crippen LogP contribution >= 0.6 is 11.3 Å². The van der Waals surface area contributed by atoms with Crippen LogP contribution in [-0.4, -0.2) is 45.9 Å². The molecule has 1 N–H and O–H groups in total. The number of hydrogen-bond acceptors (Lipinski definition) is 6. The van der Waals surface area contributed by atoms with Gasteiger partial charge in [0.2, 0.25) is 5.78 Å². The average molecular weight is 370 g/mol. The van der Waals surface area contributed by atoms with Crippen molar-refractivity contribution in [2.45, 2.75) is 25.0 Å². The van der Waals surface area contributed by atoms with Crippen LogP contribution in [0.1, 0.15) is 34.2 Å². The number of aliphatic hydroxyl groups excluding tert-OH is 1. The number of hydrogen-bond donors (Lipinski definition) is 1. The van der Waals surface area contributed by atoms with E-state index in [2.05, 4.69) is 4.98 Å². The molecule has 2 aliphatic rings. The van der Waals surface area contributed by atoms with E-state index >= 15 is 0 Å². The zero-order valence-corrected chi connectivity index (χ0v) is 14.8. The monoisotopic (exact) mass is 370 g/mol. The molecule has 4 rings (SSSR count). The molecule has 2 unspecified atom stereocenters. The van der Waals surface area contributed by atoms with Gasteiger partial charge in [0.25, 0.3) is 5.91 Å². The summed E-state index contributed by atoms with van der Waals surface area (Å²) in [6, 6.07) is 8.10. The molecule has 0 spiro atoms. The zero-order chi connectivity index (χ0) is 18.1. The van der Waals surface area contributed by atoms with Crippen molar-refractivity contribution in [1.82, 2.24) is 9.88 Å². The molecular weight excluding hydrogens is 352 g/mol. The SMILES string of the molecule is O=C(C1=C(O)C(=O)N(CC2CCCO2)C1c1ccccn1)c1cccs1. The van der Waals surface area contributed by atoms with Crippen LogP contribution in [-0.2, 0) is 9.53 Å². The summed E-state index contributed by atoms with van der Waals surface area (Å²) in [5, 5.41) is 12.3. The molecule has 1 amide bonds. The summed E-state index contributed by atoms with van der Waals surface area (Å²) in [5.41, 5.74) is 0.650. The van der Waals surface area contributed by atoms with E-state index in [9.17, 15) is 14.7 Å². The molecule has 4 heterocycles. The number of amides is 1. The molecule has 1 saturated heterocycles. The first-order valence-corrected chi connectivity index (χ1v) is 9.39.